The van der Waals surface area contributed by atoms with E-state index in [0.29, 0.717) is 5.56 Å². The molecule has 1 heterocycles. The van der Waals surface area contributed by atoms with Crippen molar-refractivity contribution in [3.8, 4) is 0 Å². The van der Waals surface area contributed by atoms with Gasteiger partial charge in [-0.15, -0.1) is 0 Å². The molecule has 0 saturated carbocycles. The summed E-state index contributed by atoms with van der Waals surface area (Å²) in [5.74, 6) is 1.10. The second-order valence-electron chi connectivity index (χ2n) is 5.61. The maximum absolute atomic E-state index is 12.2. The fourth-order valence-corrected chi connectivity index (χ4v) is 3.58. The van der Waals surface area contributed by atoms with Crippen LogP contribution in [0.1, 0.15) is 25.3 Å². The molecule has 21 heavy (non-hydrogen) atoms. The maximum atomic E-state index is 12.2. The van der Waals surface area contributed by atoms with Crippen molar-refractivity contribution in [1.29, 1.82) is 0 Å². The molecule has 4 nitrogen and oxygen atoms in total. The lowest BCUT2D eigenvalue weighted by Gasteiger charge is -2.27. The topological polar surface area (TPSA) is 66.4 Å². The summed E-state index contributed by atoms with van der Waals surface area (Å²) in [6.45, 7) is 1.77. The molecule has 5 heteroatoms. The van der Waals surface area contributed by atoms with Gasteiger partial charge in [-0.3, -0.25) is 9.59 Å². The molecule has 2 N–H and O–H groups in total. The van der Waals surface area contributed by atoms with Gasteiger partial charge in [-0.1, -0.05) is 30.3 Å². The van der Waals surface area contributed by atoms with Gasteiger partial charge in [0.05, 0.1) is 0 Å². The highest BCUT2D eigenvalue weighted by atomic mass is 32.2. The summed E-state index contributed by atoms with van der Waals surface area (Å²) in [6, 6.07) is 9.06. The second kappa shape index (κ2) is 6.98. The lowest BCUT2D eigenvalue weighted by Crippen LogP contribution is -2.46. The molecular formula is C16H21NO3S. The third-order valence-electron chi connectivity index (χ3n) is 4.09. The molecule has 1 aromatic rings. The number of nitrogens with one attached hydrogen (secondary N) is 1. The molecule has 0 aliphatic carbocycles. The minimum absolute atomic E-state index is 0.0151. The van der Waals surface area contributed by atoms with Crippen LogP contribution in [0, 0.1) is 5.92 Å². The standard InChI is InChI=1S/C16H21NO3S/c1-16(15(19)20,13-5-3-2-4-6-13)11-17-14(18)12-7-9-21-10-8-12/h2-6,12H,7-11H2,1H3,(H,17,18)(H,19,20). The molecule has 1 aliphatic heterocycles. The third-order valence-corrected chi connectivity index (χ3v) is 5.14. The highest BCUT2D eigenvalue weighted by Crippen LogP contribution is 2.25. The Morgan fingerprint density at radius 2 is 1.90 bits per heavy atom. The Morgan fingerprint density at radius 1 is 1.29 bits per heavy atom. The van der Waals surface area contributed by atoms with Crippen LogP contribution in [-0.4, -0.2) is 35.0 Å². The van der Waals surface area contributed by atoms with E-state index in [1.54, 1.807) is 19.1 Å². The minimum Gasteiger partial charge on any atom is -0.481 e. The number of thioether (sulfide) groups is 1. The van der Waals surface area contributed by atoms with Gasteiger partial charge in [-0.2, -0.15) is 11.8 Å². The first-order valence-corrected chi connectivity index (χ1v) is 8.34. The van der Waals surface area contributed by atoms with E-state index in [9.17, 15) is 14.7 Å². The average molecular weight is 307 g/mol. The summed E-state index contributed by atoms with van der Waals surface area (Å²) in [7, 11) is 0. The summed E-state index contributed by atoms with van der Waals surface area (Å²) in [5, 5.41) is 12.4. The number of rotatable bonds is 5. The van der Waals surface area contributed by atoms with Gasteiger partial charge in [0.1, 0.15) is 5.41 Å². The number of carbonyl (C=O) groups is 2. The second-order valence-corrected chi connectivity index (χ2v) is 6.83. The van der Waals surface area contributed by atoms with Crippen LogP contribution in [0.3, 0.4) is 0 Å². The summed E-state index contributed by atoms with van der Waals surface area (Å²) in [4.78, 5) is 23.8. The van der Waals surface area contributed by atoms with Crippen molar-refractivity contribution in [2.24, 2.45) is 5.92 Å². The normalized spacial score (nSPS) is 18.7. The van der Waals surface area contributed by atoms with E-state index in [-0.39, 0.29) is 18.4 Å². The smallest absolute Gasteiger partial charge is 0.315 e. The number of carboxylic acids is 1. The number of benzene rings is 1. The van der Waals surface area contributed by atoms with Crippen LogP contribution in [0.2, 0.25) is 0 Å². The quantitative estimate of drug-likeness (QED) is 0.876. The Bertz CT molecular complexity index is 500. The molecule has 1 saturated heterocycles. The predicted octanol–water partition coefficient (Wildman–Crippen LogP) is 2.29. The zero-order valence-electron chi connectivity index (χ0n) is 12.2. The Hall–Kier alpha value is -1.49. The van der Waals surface area contributed by atoms with Gasteiger partial charge >= 0.3 is 5.97 Å². The van der Waals surface area contributed by atoms with Gasteiger partial charge in [0.25, 0.3) is 0 Å². The summed E-state index contributed by atoms with van der Waals surface area (Å²) in [5.41, 5.74) is -0.391. The molecule has 1 fully saturated rings. The zero-order valence-corrected chi connectivity index (χ0v) is 13.0. The van der Waals surface area contributed by atoms with Crippen molar-refractivity contribution in [3.05, 3.63) is 35.9 Å². The SMILES string of the molecule is CC(CNC(=O)C1CCSCC1)(C(=O)O)c1ccccc1. The fraction of sp³-hybridized carbons (Fsp3) is 0.500. The van der Waals surface area contributed by atoms with E-state index in [1.165, 1.54) is 0 Å². The molecule has 2 rings (SSSR count). The van der Waals surface area contributed by atoms with Crippen molar-refractivity contribution < 1.29 is 14.7 Å². The largest absolute Gasteiger partial charge is 0.481 e. The van der Waals surface area contributed by atoms with Crippen LogP contribution in [-0.2, 0) is 15.0 Å². The molecule has 1 aliphatic rings. The van der Waals surface area contributed by atoms with E-state index >= 15 is 0 Å². The first kappa shape index (κ1) is 15.9. The molecule has 1 unspecified atom stereocenters. The van der Waals surface area contributed by atoms with Gasteiger partial charge in [-0.05, 0) is 36.8 Å². The number of amides is 1. The number of carboxylic acid groups (broad SMARTS) is 1. The zero-order chi connectivity index (χ0) is 15.3. The maximum Gasteiger partial charge on any atom is 0.315 e. The summed E-state index contributed by atoms with van der Waals surface area (Å²) < 4.78 is 0. The fourth-order valence-electron chi connectivity index (χ4n) is 2.48. The molecule has 1 aromatic carbocycles. The molecule has 0 radical (unpaired) electrons. The van der Waals surface area contributed by atoms with E-state index in [1.807, 2.05) is 30.0 Å². The number of carbonyl (C=O) groups excluding carboxylic acids is 1. The molecule has 1 atom stereocenters. The van der Waals surface area contributed by atoms with Crippen LogP contribution in [0.5, 0.6) is 0 Å². The van der Waals surface area contributed by atoms with E-state index in [4.69, 9.17) is 0 Å². The predicted molar refractivity (Wildman–Crippen MR) is 84.5 cm³/mol. The molecular weight excluding hydrogens is 286 g/mol. The van der Waals surface area contributed by atoms with Crippen LogP contribution in [0.25, 0.3) is 0 Å². The Labute approximate surface area is 129 Å². The number of aliphatic carboxylic acids is 1. The van der Waals surface area contributed by atoms with E-state index in [2.05, 4.69) is 5.32 Å². The minimum atomic E-state index is -1.10. The third kappa shape index (κ3) is 3.79. The van der Waals surface area contributed by atoms with Crippen LogP contribution in [0.4, 0.5) is 0 Å². The van der Waals surface area contributed by atoms with Crippen molar-refractivity contribution in [2.45, 2.75) is 25.2 Å². The van der Waals surface area contributed by atoms with Crippen molar-refractivity contribution in [3.63, 3.8) is 0 Å². The van der Waals surface area contributed by atoms with Gasteiger partial charge < -0.3 is 10.4 Å². The average Bonchev–Trinajstić information content (AvgIpc) is 2.53. The Morgan fingerprint density at radius 3 is 2.48 bits per heavy atom. The van der Waals surface area contributed by atoms with Gasteiger partial charge in [0.15, 0.2) is 0 Å². The molecule has 0 aromatic heterocycles. The van der Waals surface area contributed by atoms with Crippen LogP contribution >= 0.6 is 11.8 Å². The lowest BCUT2D eigenvalue weighted by atomic mass is 9.82. The Kier molecular flexibility index (Phi) is 5.28. The van der Waals surface area contributed by atoms with Crippen molar-refractivity contribution in [2.75, 3.05) is 18.1 Å². The van der Waals surface area contributed by atoms with Crippen molar-refractivity contribution >= 4 is 23.6 Å². The molecule has 0 spiro atoms. The highest BCUT2D eigenvalue weighted by molar-refractivity contribution is 7.99. The Balaban J connectivity index is 2.03. The molecule has 114 valence electrons. The number of hydrogen-bond donors (Lipinski definition) is 2. The lowest BCUT2D eigenvalue weighted by molar-refractivity contribution is -0.143. The molecule has 1 amide bonds. The van der Waals surface area contributed by atoms with E-state index in [0.717, 1.165) is 24.3 Å². The van der Waals surface area contributed by atoms with Crippen molar-refractivity contribution in [1.82, 2.24) is 5.32 Å². The van der Waals surface area contributed by atoms with E-state index < -0.39 is 11.4 Å². The van der Waals surface area contributed by atoms with Crippen LogP contribution in [0.15, 0.2) is 30.3 Å². The monoisotopic (exact) mass is 307 g/mol. The first-order valence-electron chi connectivity index (χ1n) is 7.18. The number of hydrogen-bond acceptors (Lipinski definition) is 3. The van der Waals surface area contributed by atoms with Gasteiger partial charge in [0, 0.05) is 12.5 Å². The van der Waals surface area contributed by atoms with Crippen LogP contribution < -0.4 is 5.32 Å². The first-order chi connectivity index (χ1) is 10.0. The van der Waals surface area contributed by atoms with Gasteiger partial charge in [-0.25, -0.2) is 0 Å². The van der Waals surface area contributed by atoms with Gasteiger partial charge in [0.2, 0.25) is 5.91 Å². The molecule has 0 bridgehead atoms. The highest BCUT2D eigenvalue weighted by Gasteiger charge is 2.36. The summed E-state index contributed by atoms with van der Waals surface area (Å²) in [6.07, 6.45) is 1.76. The summed E-state index contributed by atoms with van der Waals surface area (Å²) >= 11 is 1.87.